The first-order valence-corrected chi connectivity index (χ1v) is 9.29. The number of Topliss-reactive ketones (excluding diaryl/α,β-unsaturated/α-hetero) is 1. The highest BCUT2D eigenvalue weighted by molar-refractivity contribution is 7.99. The van der Waals surface area contributed by atoms with E-state index in [1.54, 1.807) is 36.9 Å². The molecule has 0 spiro atoms. The number of methoxy groups -OCH3 is 2. The number of thioether (sulfide) groups is 1. The van der Waals surface area contributed by atoms with Crippen LogP contribution in [0.25, 0.3) is 11.2 Å². The Bertz CT molecular complexity index is 1190. The Kier molecular flexibility index (Phi) is 5.32. The second-order valence-electron chi connectivity index (χ2n) is 6.11. The average molecular weight is 404 g/mol. The van der Waals surface area contributed by atoms with Crippen molar-refractivity contribution in [2.75, 3.05) is 20.0 Å². The van der Waals surface area contributed by atoms with Crippen molar-refractivity contribution in [3.05, 3.63) is 44.6 Å². The molecule has 28 heavy (non-hydrogen) atoms. The number of aryl methyl sites for hydroxylation is 2. The number of carbonyl (C=O) groups is 1. The normalized spacial score (nSPS) is 11.0. The maximum Gasteiger partial charge on any atom is 0.332 e. The van der Waals surface area contributed by atoms with Crippen LogP contribution in [0, 0.1) is 0 Å². The lowest BCUT2D eigenvalue weighted by molar-refractivity contribution is 0.102. The van der Waals surface area contributed by atoms with Crippen LogP contribution >= 0.6 is 11.8 Å². The molecule has 3 aromatic rings. The summed E-state index contributed by atoms with van der Waals surface area (Å²) in [6.07, 6.45) is 0. The molecule has 0 bridgehead atoms. The first-order valence-electron chi connectivity index (χ1n) is 8.30. The van der Waals surface area contributed by atoms with Crippen LogP contribution in [-0.2, 0) is 21.1 Å². The van der Waals surface area contributed by atoms with Crippen LogP contribution in [-0.4, -0.2) is 44.4 Å². The van der Waals surface area contributed by atoms with Crippen LogP contribution in [0.1, 0.15) is 10.4 Å². The van der Waals surface area contributed by atoms with Crippen molar-refractivity contribution in [3.63, 3.8) is 0 Å². The van der Waals surface area contributed by atoms with Gasteiger partial charge in [0.25, 0.3) is 5.56 Å². The van der Waals surface area contributed by atoms with Crippen molar-refractivity contribution < 1.29 is 14.3 Å². The van der Waals surface area contributed by atoms with E-state index in [0.717, 1.165) is 4.57 Å². The molecule has 2 aromatic heterocycles. The highest BCUT2D eigenvalue weighted by Gasteiger charge is 2.18. The smallest absolute Gasteiger partial charge is 0.332 e. The van der Waals surface area contributed by atoms with Gasteiger partial charge in [-0.15, -0.1) is 0 Å². The fourth-order valence-electron chi connectivity index (χ4n) is 2.85. The van der Waals surface area contributed by atoms with Gasteiger partial charge in [0.15, 0.2) is 33.6 Å². The number of hydrogen-bond donors (Lipinski definition) is 0. The van der Waals surface area contributed by atoms with Gasteiger partial charge < -0.3 is 14.0 Å². The Labute approximate surface area is 164 Å². The Morgan fingerprint density at radius 2 is 1.71 bits per heavy atom. The summed E-state index contributed by atoms with van der Waals surface area (Å²) in [7, 11) is 7.69. The molecular weight excluding hydrogens is 384 g/mol. The molecule has 0 atom stereocenters. The van der Waals surface area contributed by atoms with Crippen molar-refractivity contribution in [3.8, 4) is 11.5 Å². The van der Waals surface area contributed by atoms with Gasteiger partial charge in [-0.2, -0.15) is 0 Å². The molecule has 0 aliphatic heterocycles. The predicted molar refractivity (Wildman–Crippen MR) is 106 cm³/mol. The van der Waals surface area contributed by atoms with Gasteiger partial charge in [0.05, 0.1) is 20.0 Å². The zero-order chi connectivity index (χ0) is 20.6. The molecule has 0 N–H and O–H groups in total. The lowest BCUT2D eigenvalue weighted by atomic mass is 10.1. The monoisotopic (exact) mass is 404 g/mol. The molecule has 0 saturated carbocycles. The molecule has 148 valence electrons. The highest BCUT2D eigenvalue weighted by Crippen LogP contribution is 2.28. The number of ether oxygens (including phenoxy) is 2. The molecule has 0 aliphatic carbocycles. The third-order valence-electron chi connectivity index (χ3n) is 4.47. The minimum atomic E-state index is -0.450. The number of ketones is 1. The van der Waals surface area contributed by atoms with Gasteiger partial charge in [-0.05, 0) is 18.2 Å². The van der Waals surface area contributed by atoms with Crippen LogP contribution in [0.2, 0.25) is 0 Å². The summed E-state index contributed by atoms with van der Waals surface area (Å²) >= 11 is 1.19. The number of carbonyl (C=O) groups excluding carboxylic acids is 1. The average Bonchev–Trinajstić information content (AvgIpc) is 3.04. The molecule has 0 saturated heterocycles. The van der Waals surface area contributed by atoms with Crippen LogP contribution < -0.4 is 20.7 Å². The quantitative estimate of drug-likeness (QED) is 0.446. The highest BCUT2D eigenvalue weighted by atomic mass is 32.2. The first kappa shape index (κ1) is 19.7. The maximum absolute atomic E-state index is 12.6. The Morgan fingerprint density at radius 3 is 2.36 bits per heavy atom. The maximum atomic E-state index is 12.6. The third kappa shape index (κ3) is 3.19. The summed E-state index contributed by atoms with van der Waals surface area (Å²) < 4.78 is 14.4. The van der Waals surface area contributed by atoms with Gasteiger partial charge in [0, 0.05) is 26.7 Å². The van der Waals surface area contributed by atoms with E-state index in [1.807, 2.05) is 0 Å². The fraction of sp³-hybridized carbons (Fsp3) is 0.333. The largest absolute Gasteiger partial charge is 0.493 e. The molecule has 0 radical (unpaired) electrons. The van der Waals surface area contributed by atoms with Crippen molar-refractivity contribution in [1.29, 1.82) is 0 Å². The van der Waals surface area contributed by atoms with E-state index in [1.165, 1.54) is 37.6 Å². The summed E-state index contributed by atoms with van der Waals surface area (Å²) in [6.45, 7) is 0. The predicted octanol–water partition coefficient (Wildman–Crippen LogP) is 0.963. The van der Waals surface area contributed by atoms with Gasteiger partial charge >= 0.3 is 5.69 Å². The number of hydrogen-bond acceptors (Lipinski definition) is 7. The molecule has 0 amide bonds. The second-order valence-corrected chi connectivity index (χ2v) is 7.06. The summed E-state index contributed by atoms with van der Waals surface area (Å²) in [5.74, 6) is 0.999. The minimum Gasteiger partial charge on any atom is -0.493 e. The fourth-order valence-corrected chi connectivity index (χ4v) is 3.71. The van der Waals surface area contributed by atoms with E-state index in [2.05, 4.69) is 4.98 Å². The molecule has 0 fully saturated rings. The molecule has 0 aliphatic rings. The number of nitrogens with zero attached hydrogens (tertiary/aromatic N) is 4. The molecule has 2 heterocycles. The van der Waals surface area contributed by atoms with Gasteiger partial charge in [-0.1, -0.05) is 11.8 Å². The van der Waals surface area contributed by atoms with Crippen LogP contribution in [0.5, 0.6) is 11.5 Å². The Morgan fingerprint density at radius 1 is 1.04 bits per heavy atom. The van der Waals surface area contributed by atoms with E-state index in [0.29, 0.717) is 27.7 Å². The molecule has 0 unspecified atom stereocenters. The number of benzene rings is 1. The van der Waals surface area contributed by atoms with Gasteiger partial charge in [0.2, 0.25) is 0 Å². The van der Waals surface area contributed by atoms with Crippen molar-refractivity contribution >= 4 is 28.7 Å². The van der Waals surface area contributed by atoms with E-state index in [4.69, 9.17) is 9.47 Å². The minimum absolute atomic E-state index is 0.112. The lowest BCUT2D eigenvalue weighted by Gasteiger charge is -2.09. The summed E-state index contributed by atoms with van der Waals surface area (Å²) in [5.41, 5.74) is 0.203. The topological polar surface area (TPSA) is 97.4 Å². The van der Waals surface area contributed by atoms with Gasteiger partial charge in [-0.3, -0.25) is 18.7 Å². The van der Waals surface area contributed by atoms with Crippen molar-refractivity contribution in [2.24, 2.45) is 21.1 Å². The third-order valence-corrected chi connectivity index (χ3v) is 5.50. The lowest BCUT2D eigenvalue weighted by Crippen LogP contribution is -2.37. The number of fused-ring (bicyclic) bond motifs is 1. The van der Waals surface area contributed by atoms with Crippen molar-refractivity contribution in [1.82, 2.24) is 18.7 Å². The van der Waals surface area contributed by atoms with E-state index >= 15 is 0 Å². The van der Waals surface area contributed by atoms with E-state index in [9.17, 15) is 14.4 Å². The van der Waals surface area contributed by atoms with Crippen LogP contribution in [0.3, 0.4) is 0 Å². The molecule has 10 heteroatoms. The summed E-state index contributed by atoms with van der Waals surface area (Å²) in [4.78, 5) is 41.5. The molecule has 1 aromatic carbocycles. The standard InChI is InChI=1S/C18H20N4O5S/c1-20-14-15(21(2)18(25)22(3)16(14)24)19-17(20)28-9-11(23)10-6-7-12(26-4)13(8-10)27-5/h6-8H,9H2,1-5H3. The van der Waals surface area contributed by atoms with Gasteiger partial charge in [0.1, 0.15) is 0 Å². The van der Waals surface area contributed by atoms with Crippen LogP contribution in [0.4, 0.5) is 0 Å². The first-order chi connectivity index (χ1) is 13.3. The number of imidazole rings is 1. The number of rotatable bonds is 6. The SMILES string of the molecule is COc1ccc(C(=O)CSc2nc3c(c(=O)n(C)c(=O)n3C)n2C)cc1OC. The second kappa shape index (κ2) is 7.55. The number of aromatic nitrogens is 4. The Balaban J connectivity index is 1.90. The molecule has 9 nitrogen and oxygen atoms in total. The van der Waals surface area contributed by atoms with Crippen molar-refractivity contribution in [2.45, 2.75) is 5.16 Å². The Hall–Kier alpha value is -3.01. The summed E-state index contributed by atoms with van der Waals surface area (Å²) in [5, 5.41) is 0.474. The van der Waals surface area contributed by atoms with E-state index < -0.39 is 11.2 Å². The molecular formula is C18H20N4O5S. The van der Waals surface area contributed by atoms with Crippen LogP contribution in [0.15, 0.2) is 32.9 Å². The zero-order valence-corrected chi connectivity index (χ0v) is 17.0. The van der Waals surface area contributed by atoms with Gasteiger partial charge in [-0.25, -0.2) is 9.78 Å². The van der Waals surface area contributed by atoms with E-state index in [-0.39, 0.29) is 17.2 Å². The zero-order valence-electron chi connectivity index (χ0n) is 16.2. The molecule has 3 rings (SSSR count). The summed E-state index contributed by atoms with van der Waals surface area (Å²) in [6, 6.07) is 4.96.